The Hall–Kier alpha value is -3.02. The van der Waals surface area contributed by atoms with Crippen LogP contribution in [0.1, 0.15) is 34.8 Å². The lowest BCUT2D eigenvalue weighted by Gasteiger charge is -2.17. The third-order valence-corrected chi connectivity index (χ3v) is 3.95. The van der Waals surface area contributed by atoms with E-state index in [0.717, 1.165) is 22.4 Å². The van der Waals surface area contributed by atoms with Gasteiger partial charge in [0.2, 0.25) is 0 Å². The molecule has 0 spiro atoms. The molecule has 2 aromatic heterocycles. The van der Waals surface area contributed by atoms with Gasteiger partial charge in [-0.2, -0.15) is 0 Å². The van der Waals surface area contributed by atoms with Crippen molar-refractivity contribution in [3.63, 3.8) is 0 Å². The van der Waals surface area contributed by atoms with E-state index in [1.54, 1.807) is 6.20 Å². The lowest BCUT2D eigenvalue weighted by atomic mass is 10.1. The normalized spacial score (nSPS) is 12.0. The number of hydrogen-bond donors (Lipinski definition) is 1. The number of rotatable bonds is 4. The number of carbonyl (C=O) groups excluding carboxylic acids is 1. The second kappa shape index (κ2) is 6.84. The SMILES string of the molecule is Cc1ccnc(C(C)NC(=O)c2cc(N(C)C)nc3ccccc23)n1. The van der Waals surface area contributed by atoms with Gasteiger partial charge in [0.15, 0.2) is 0 Å². The average molecular weight is 335 g/mol. The maximum absolute atomic E-state index is 12.9. The van der Waals surface area contributed by atoms with Crippen molar-refractivity contribution in [3.05, 3.63) is 59.7 Å². The van der Waals surface area contributed by atoms with E-state index >= 15 is 0 Å². The van der Waals surface area contributed by atoms with Crippen LogP contribution >= 0.6 is 0 Å². The third-order valence-electron chi connectivity index (χ3n) is 3.95. The van der Waals surface area contributed by atoms with Crippen molar-refractivity contribution in [1.29, 1.82) is 0 Å². The van der Waals surface area contributed by atoms with Gasteiger partial charge in [-0.05, 0) is 32.0 Å². The summed E-state index contributed by atoms with van der Waals surface area (Å²) in [7, 11) is 3.81. The molecule has 0 bridgehead atoms. The van der Waals surface area contributed by atoms with E-state index in [4.69, 9.17) is 0 Å². The number of fused-ring (bicyclic) bond motifs is 1. The van der Waals surface area contributed by atoms with Crippen molar-refractivity contribution in [1.82, 2.24) is 20.3 Å². The molecule has 1 atom stereocenters. The number of amides is 1. The lowest BCUT2D eigenvalue weighted by molar-refractivity contribution is 0.0940. The summed E-state index contributed by atoms with van der Waals surface area (Å²) >= 11 is 0. The maximum atomic E-state index is 12.9. The standard InChI is InChI=1S/C19H21N5O/c1-12-9-10-20-18(21-12)13(2)22-19(25)15-11-17(24(3)4)23-16-8-6-5-7-14(15)16/h5-11,13H,1-4H3,(H,22,25). The fourth-order valence-electron chi connectivity index (χ4n) is 2.59. The summed E-state index contributed by atoms with van der Waals surface area (Å²) in [4.78, 5) is 28.0. The highest BCUT2D eigenvalue weighted by Gasteiger charge is 2.17. The molecule has 25 heavy (non-hydrogen) atoms. The number of nitrogens with one attached hydrogen (secondary N) is 1. The van der Waals surface area contributed by atoms with Crippen LogP contribution in [-0.4, -0.2) is 35.0 Å². The molecule has 3 aromatic rings. The van der Waals surface area contributed by atoms with E-state index < -0.39 is 0 Å². The van der Waals surface area contributed by atoms with E-state index in [0.29, 0.717) is 11.4 Å². The van der Waals surface area contributed by atoms with Crippen LogP contribution in [0.2, 0.25) is 0 Å². The van der Waals surface area contributed by atoms with Gasteiger partial charge in [0.1, 0.15) is 11.6 Å². The fraction of sp³-hybridized carbons (Fsp3) is 0.263. The molecule has 1 amide bonds. The minimum Gasteiger partial charge on any atom is -0.363 e. The Morgan fingerprint density at radius 1 is 1.16 bits per heavy atom. The highest BCUT2D eigenvalue weighted by molar-refractivity contribution is 6.07. The van der Waals surface area contributed by atoms with Gasteiger partial charge in [-0.3, -0.25) is 4.79 Å². The van der Waals surface area contributed by atoms with Crippen LogP contribution in [0.15, 0.2) is 42.6 Å². The molecule has 0 aliphatic rings. The Labute approximate surface area is 146 Å². The van der Waals surface area contributed by atoms with Crippen LogP contribution in [-0.2, 0) is 0 Å². The van der Waals surface area contributed by atoms with E-state index in [-0.39, 0.29) is 11.9 Å². The Balaban J connectivity index is 1.96. The Morgan fingerprint density at radius 2 is 1.92 bits per heavy atom. The van der Waals surface area contributed by atoms with Crippen LogP contribution < -0.4 is 10.2 Å². The summed E-state index contributed by atoms with van der Waals surface area (Å²) in [5, 5.41) is 3.81. The quantitative estimate of drug-likeness (QED) is 0.794. The molecule has 1 aromatic carbocycles. The molecule has 1 N–H and O–H groups in total. The second-order valence-electron chi connectivity index (χ2n) is 6.19. The summed E-state index contributed by atoms with van der Waals surface area (Å²) in [5.74, 6) is 1.17. The number of aryl methyl sites for hydroxylation is 1. The van der Waals surface area contributed by atoms with Gasteiger partial charge in [-0.1, -0.05) is 18.2 Å². The molecule has 2 heterocycles. The van der Waals surface area contributed by atoms with Gasteiger partial charge in [0.05, 0.1) is 17.1 Å². The van der Waals surface area contributed by atoms with Crippen LogP contribution in [0.5, 0.6) is 0 Å². The van der Waals surface area contributed by atoms with Crippen molar-refractivity contribution in [2.45, 2.75) is 19.9 Å². The van der Waals surface area contributed by atoms with Crippen molar-refractivity contribution < 1.29 is 4.79 Å². The van der Waals surface area contributed by atoms with Gasteiger partial charge in [0, 0.05) is 31.4 Å². The van der Waals surface area contributed by atoms with E-state index in [1.807, 2.05) is 69.2 Å². The topological polar surface area (TPSA) is 71.0 Å². The van der Waals surface area contributed by atoms with Gasteiger partial charge in [-0.15, -0.1) is 0 Å². The molecule has 0 saturated heterocycles. The zero-order valence-electron chi connectivity index (χ0n) is 14.8. The van der Waals surface area contributed by atoms with Crippen LogP contribution in [0.25, 0.3) is 10.9 Å². The largest absolute Gasteiger partial charge is 0.363 e. The van der Waals surface area contributed by atoms with Crippen molar-refractivity contribution in [2.24, 2.45) is 0 Å². The molecule has 0 aliphatic heterocycles. The van der Waals surface area contributed by atoms with Crippen molar-refractivity contribution >= 4 is 22.6 Å². The first-order valence-electron chi connectivity index (χ1n) is 8.13. The number of anilines is 1. The minimum absolute atomic E-state index is 0.167. The van der Waals surface area contributed by atoms with Crippen molar-refractivity contribution in [3.8, 4) is 0 Å². The summed E-state index contributed by atoms with van der Waals surface area (Å²) < 4.78 is 0. The molecule has 128 valence electrons. The van der Waals surface area contributed by atoms with Gasteiger partial charge < -0.3 is 10.2 Å². The second-order valence-corrected chi connectivity index (χ2v) is 6.19. The Morgan fingerprint density at radius 3 is 2.64 bits per heavy atom. The van der Waals surface area contributed by atoms with Crippen molar-refractivity contribution in [2.75, 3.05) is 19.0 Å². The van der Waals surface area contributed by atoms with Crippen LogP contribution in [0, 0.1) is 6.92 Å². The first kappa shape index (κ1) is 16.8. The zero-order valence-corrected chi connectivity index (χ0v) is 14.8. The number of aromatic nitrogens is 3. The van der Waals surface area contributed by atoms with Crippen LogP contribution in [0.3, 0.4) is 0 Å². The molecular formula is C19H21N5O. The summed E-state index contributed by atoms with van der Waals surface area (Å²) in [5.41, 5.74) is 2.25. The summed E-state index contributed by atoms with van der Waals surface area (Å²) in [6.07, 6.45) is 1.70. The van der Waals surface area contributed by atoms with E-state index in [1.165, 1.54) is 0 Å². The minimum atomic E-state index is -0.290. The summed E-state index contributed by atoms with van der Waals surface area (Å²) in [6, 6.07) is 11.0. The molecule has 6 nitrogen and oxygen atoms in total. The first-order chi connectivity index (χ1) is 12.0. The molecule has 0 saturated carbocycles. The monoisotopic (exact) mass is 335 g/mol. The van der Waals surface area contributed by atoms with Gasteiger partial charge >= 0.3 is 0 Å². The number of nitrogens with zero attached hydrogens (tertiary/aromatic N) is 4. The highest BCUT2D eigenvalue weighted by atomic mass is 16.1. The molecule has 1 unspecified atom stereocenters. The lowest BCUT2D eigenvalue weighted by Crippen LogP contribution is -2.28. The number of carbonyl (C=O) groups is 1. The number of para-hydroxylation sites is 1. The Kier molecular flexibility index (Phi) is 4.61. The van der Waals surface area contributed by atoms with Crippen LogP contribution in [0.4, 0.5) is 5.82 Å². The zero-order chi connectivity index (χ0) is 18.0. The fourth-order valence-corrected chi connectivity index (χ4v) is 2.59. The molecule has 0 aliphatic carbocycles. The van der Waals surface area contributed by atoms with Gasteiger partial charge in [0.25, 0.3) is 5.91 Å². The van der Waals surface area contributed by atoms with E-state index in [2.05, 4.69) is 20.3 Å². The summed E-state index contributed by atoms with van der Waals surface area (Å²) in [6.45, 7) is 3.78. The third kappa shape index (κ3) is 3.57. The average Bonchev–Trinajstić information content (AvgIpc) is 2.60. The number of benzene rings is 1. The Bertz CT molecular complexity index is 923. The molecule has 6 heteroatoms. The number of pyridine rings is 1. The molecule has 0 radical (unpaired) electrons. The first-order valence-corrected chi connectivity index (χ1v) is 8.13. The molecule has 0 fully saturated rings. The predicted molar refractivity (Wildman–Crippen MR) is 98.7 cm³/mol. The predicted octanol–water partition coefficient (Wildman–Crippen LogP) is 2.89. The highest BCUT2D eigenvalue weighted by Crippen LogP contribution is 2.22. The van der Waals surface area contributed by atoms with Gasteiger partial charge in [-0.25, -0.2) is 15.0 Å². The number of hydrogen-bond acceptors (Lipinski definition) is 5. The molecule has 3 rings (SSSR count). The smallest absolute Gasteiger partial charge is 0.252 e. The van der Waals surface area contributed by atoms with E-state index in [9.17, 15) is 4.79 Å². The maximum Gasteiger partial charge on any atom is 0.252 e. The molecular weight excluding hydrogens is 314 g/mol.